The Morgan fingerprint density at radius 2 is 1.08 bits per heavy atom. The van der Waals surface area contributed by atoms with Crippen LogP contribution in [0.4, 0.5) is 5.69 Å². The molecule has 0 radical (unpaired) electrons. The summed E-state index contributed by atoms with van der Waals surface area (Å²) in [7, 11) is 0. The van der Waals surface area contributed by atoms with Gasteiger partial charge in [0.05, 0.1) is 13.7 Å². The molecular weight excluding hydrogens is 1310 g/mol. The molecule has 0 unspecified atom stereocenters. The number of ether oxygens (including phenoxy) is 1. The monoisotopic (exact) mass is 1400 g/mol. The maximum absolute atomic E-state index is 9.35. The van der Waals surface area contributed by atoms with Crippen LogP contribution in [0.3, 0.4) is 0 Å². The molecule has 15 rings (SSSR count). The number of para-hydroxylation sites is 1. The fourth-order valence-electron chi connectivity index (χ4n) is 13.6. The fraction of sp³-hybridized carbons (Fsp3) is 0.172. The number of hydrogen-bond acceptors (Lipinski definition) is 3. The number of hydrogen-bond donors (Lipinski definition) is 0. The van der Waals surface area contributed by atoms with E-state index >= 15 is 0 Å². The first kappa shape index (κ1) is 44.8. The van der Waals surface area contributed by atoms with E-state index in [-0.39, 0.29) is 98.8 Å². The van der Waals surface area contributed by atoms with Crippen molar-refractivity contribution < 1.29 is 47.7 Å². The van der Waals surface area contributed by atoms with Crippen molar-refractivity contribution in [2.24, 2.45) is 4.99 Å². The van der Waals surface area contributed by atoms with Crippen LogP contribution in [0, 0.1) is 32.8 Å². The standard InChI is InChI=1S/C87H73N4O.Pt/c1-55-23-21-24-56(2)82(55)62-47-57(3)84-75(49-62)71-32-20-18-30-69(71)68-29-17-19-31-70(68)72-39-37-64(52-79(72)90(84)54-89-83-66(58-25-13-11-14-26-58)33-22-34-67(83)59-27-15-12-16-28-59)92-65-38-40-73-74-48-60(61-35-41-76-77(50-61)87(9,10)45-44-86(76,7)8)36-42-78(74)91(80(73)53-65)81-51-63(43-46-88-81)85(4,5)6;/h11-43,46-51H,44-45H2,1-10H3;/q-3;/i1D3,2D3,11D,12D,13D,14D,15D,16D,25D,26D,27D,28D;. The maximum atomic E-state index is 9.35. The van der Waals surface area contributed by atoms with Crippen molar-refractivity contribution in [1.29, 1.82) is 0 Å². The average Bonchev–Trinajstić information content (AvgIpc) is 1.63. The van der Waals surface area contributed by atoms with Gasteiger partial charge in [-0.2, -0.15) is 18.2 Å². The van der Waals surface area contributed by atoms with E-state index in [4.69, 9.17) is 31.2 Å². The van der Waals surface area contributed by atoms with Gasteiger partial charge < -0.3 is 18.9 Å². The summed E-state index contributed by atoms with van der Waals surface area (Å²) < 4.78 is 154. The number of aryl methyl sites for hydroxylation is 3. The molecule has 0 bridgehead atoms. The van der Waals surface area contributed by atoms with Gasteiger partial charge in [0.1, 0.15) is 5.82 Å². The molecule has 1 aliphatic carbocycles. The molecule has 0 spiro atoms. The third kappa shape index (κ3) is 10.9. The zero-order valence-corrected chi connectivity index (χ0v) is 54.9. The van der Waals surface area contributed by atoms with Gasteiger partial charge >= 0.3 is 0 Å². The predicted octanol–water partition coefficient (Wildman–Crippen LogP) is 23.4. The van der Waals surface area contributed by atoms with Crippen molar-refractivity contribution in [3.05, 3.63) is 282 Å². The van der Waals surface area contributed by atoms with Gasteiger partial charge in [-0.25, -0.2) is 4.98 Å². The van der Waals surface area contributed by atoms with E-state index in [1.54, 1.807) is 29.7 Å². The molecule has 1 aliphatic rings. The Balaban J connectivity index is 0.00000992. The van der Waals surface area contributed by atoms with Crippen LogP contribution in [0.15, 0.2) is 241 Å². The summed E-state index contributed by atoms with van der Waals surface area (Å²) in [6.45, 7) is 12.0. The zero-order chi connectivity index (χ0) is 76.9. The summed E-state index contributed by atoms with van der Waals surface area (Å²) in [5.41, 5.74) is 7.20. The Kier molecular flexibility index (Phi) is 11.4. The van der Waals surface area contributed by atoms with Crippen LogP contribution in [0.5, 0.6) is 11.5 Å². The van der Waals surface area contributed by atoms with E-state index in [2.05, 4.69) is 114 Å². The van der Waals surface area contributed by atoms with Crippen LogP contribution in [0.25, 0.3) is 115 Å². The molecule has 14 aromatic rings. The van der Waals surface area contributed by atoms with Gasteiger partial charge in [0.25, 0.3) is 0 Å². The normalized spacial score (nSPS) is 16.4. The van der Waals surface area contributed by atoms with E-state index in [0.717, 1.165) is 56.6 Å². The molecule has 0 fully saturated rings. The van der Waals surface area contributed by atoms with Crippen molar-refractivity contribution in [2.45, 2.75) is 98.2 Å². The van der Waals surface area contributed by atoms with Crippen LogP contribution in [-0.2, 0) is 37.3 Å². The molecule has 3 aromatic heterocycles. The third-order valence-corrected chi connectivity index (χ3v) is 18.5. The summed E-state index contributed by atoms with van der Waals surface area (Å²) in [4.78, 5) is 10.2. The Hall–Kier alpha value is -9.67. The van der Waals surface area contributed by atoms with Gasteiger partial charge in [0, 0.05) is 64.5 Å². The summed E-state index contributed by atoms with van der Waals surface area (Å²) in [6, 6.07) is 53.5. The summed E-state index contributed by atoms with van der Waals surface area (Å²) >= 11 is 0. The van der Waals surface area contributed by atoms with Crippen molar-refractivity contribution in [2.75, 3.05) is 0 Å². The molecule has 11 aromatic carbocycles. The molecule has 0 amide bonds. The number of aromatic nitrogens is 3. The molecule has 460 valence electrons. The van der Waals surface area contributed by atoms with Crippen LogP contribution >= 0.6 is 0 Å². The number of fused-ring (bicyclic) bond motifs is 11. The summed E-state index contributed by atoms with van der Waals surface area (Å²) in [5, 5.41) is 5.56. The molecule has 6 heteroatoms. The minimum Gasteiger partial charge on any atom is -0.510 e. The van der Waals surface area contributed by atoms with Crippen LogP contribution in [-0.4, -0.2) is 20.5 Å². The number of nitrogens with zero attached hydrogens (tertiary/aromatic N) is 4. The first-order valence-corrected chi connectivity index (χ1v) is 30.9. The molecule has 5 nitrogen and oxygen atoms in total. The zero-order valence-electron chi connectivity index (χ0n) is 68.7. The van der Waals surface area contributed by atoms with Crippen LogP contribution in [0.1, 0.15) is 117 Å². The van der Waals surface area contributed by atoms with Gasteiger partial charge in [-0.1, -0.05) is 253 Å². The first-order valence-electron chi connectivity index (χ1n) is 38.9. The van der Waals surface area contributed by atoms with Gasteiger partial charge in [-0.15, -0.1) is 34.5 Å². The average molecular weight is 1400 g/mol. The Morgan fingerprint density at radius 3 is 1.70 bits per heavy atom. The topological polar surface area (TPSA) is 44.3 Å². The van der Waals surface area contributed by atoms with Crippen molar-refractivity contribution in [3.8, 4) is 61.8 Å². The van der Waals surface area contributed by atoms with Crippen molar-refractivity contribution >= 4 is 77.2 Å². The van der Waals surface area contributed by atoms with E-state index in [0.29, 0.717) is 49.7 Å². The van der Waals surface area contributed by atoms with Gasteiger partial charge in [0.2, 0.25) is 0 Å². The van der Waals surface area contributed by atoms with E-state index in [1.165, 1.54) is 47.5 Å². The maximum Gasteiger partial charge on any atom is 0.135 e. The minimum atomic E-state index is -2.79. The SMILES string of the molecule is [2H]c1c([2H])c([2H])c(-c2cccc(-c3c([2H])c([2H])c([2H])c([2H])c3[2H])c2N=[C-]n2c3[c-]c(Oc4[c-]c5c(cc4)c4cc(-c6ccc7c(c6)C(C)(C)CCC7(C)C)ccc4n5-c4cc(C(C)(C)C)ccn4)ccc3c3ccccc3c3ccccc3c3cc(-c4c(C([2H])([2H])[2H])cccc4C([2H])([2H])[2H])cc(C)c32)c([2H])c1[2H].[Pt]. The molecule has 93 heavy (non-hydrogen) atoms. The van der Waals surface area contributed by atoms with Crippen molar-refractivity contribution in [1.82, 2.24) is 14.1 Å². The van der Waals surface area contributed by atoms with Gasteiger partial charge in [-0.05, 0) is 173 Å². The van der Waals surface area contributed by atoms with E-state index in [9.17, 15) is 5.48 Å². The number of pyridine rings is 1. The predicted molar refractivity (Wildman–Crippen MR) is 387 cm³/mol. The Bertz CT molecular complexity index is 6100. The quantitative estimate of drug-likeness (QED) is 0.0821. The third-order valence-electron chi connectivity index (χ3n) is 18.5. The number of aliphatic imine (C=N–C) groups is 1. The number of benzene rings is 11. The largest absolute Gasteiger partial charge is 0.510 e. The Morgan fingerprint density at radius 1 is 0.527 bits per heavy atom. The second-order valence-corrected chi connectivity index (χ2v) is 26.3. The summed E-state index contributed by atoms with van der Waals surface area (Å²) in [5.74, 6) is 1.14. The molecule has 0 saturated carbocycles. The second-order valence-electron chi connectivity index (χ2n) is 26.3. The molecule has 0 atom stereocenters. The fourth-order valence-corrected chi connectivity index (χ4v) is 13.6. The van der Waals surface area contributed by atoms with Crippen molar-refractivity contribution in [3.63, 3.8) is 0 Å². The first-order chi connectivity index (χ1) is 51.0. The van der Waals surface area contributed by atoms with Gasteiger partial charge in [0.15, 0.2) is 0 Å². The molecule has 0 aliphatic heterocycles. The Labute approximate surface area is 583 Å². The second kappa shape index (κ2) is 23.8. The van der Waals surface area contributed by atoms with E-state index < -0.39 is 74.1 Å². The van der Waals surface area contributed by atoms with Crippen LogP contribution in [0.2, 0.25) is 0 Å². The number of rotatable bonds is 9. The molecule has 3 heterocycles. The smallest absolute Gasteiger partial charge is 0.135 e. The minimum absolute atomic E-state index is 0. The molecular formula is C87H73N4OPt-3. The van der Waals surface area contributed by atoms with Gasteiger partial charge in [-0.3, -0.25) is 0 Å². The molecule has 0 saturated heterocycles. The summed E-state index contributed by atoms with van der Waals surface area (Å²) in [6.07, 6.45) is 7.34. The van der Waals surface area contributed by atoms with E-state index in [1.807, 2.05) is 79.0 Å². The van der Waals surface area contributed by atoms with Crippen LogP contribution < -0.4 is 4.74 Å². The molecule has 0 N–H and O–H groups in total.